The SMILES string of the molecule is O=Cc1cc(-c2cc(C3CC3)ncc2F)n(SF)n1. The molecule has 0 saturated heterocycles. The molecule has 2 heterocycles. The summed E-state index contributed by atoms with van der Waals surface area (Å²) in [6, 6.07) is 2.96. The topological polar surface area (TPSA) is 47.8 Å². The summed E-state index contributed by atoms with van der Waals surface area (Å²) in [5.74, 6) is -0.198. The van der Waals surface area contributed by atoms with E-state index >= 15 is 0 Å². The molecule has 7 heteroatoms. The van der Waals surface area contributed by atoms with Crippen molar-refractivity contribution in [2.24, 2.45) is 0 Å². The van der Waals surface area contributed by atoms with Crippen molar-refractivity contribution in [3.63, 3.8) is 0 Å². The van der Waals surface area contributed by atoms with Crippen LogP contribution in [0.2, 0.25) is 0 Å². The molecule has 1 aliphatic rings. The number of carbonyl (C=O) groups excluding carboxylic acids is 1. The quantitative estimate of drug-likeness (QED) is 0.808. The van der Waals surface area contributed by atoms with Gasteiger partial charge in [-0.2, -0.15) is 9.19 Å². The van der Waals surface area contributed by atoms with Gasteiger partial charge in [0, 0.05) is 17.2 Å². The van der Waals surface area contributed by atoms with Gasteiger partial charge in [-0.15, -0.1) is 3.89 Å². The molecule has 0 amide bonds. The van der Waals surface area contributed by atoms with Gasteiger partial charge in [-0.25, -0.2) is 4.39 Å². The molecule has 2 aromatic heterocycles. The molecule has 0 atom stereocenters. The van der Waals surface area contributed by atoms with Crippen LogP contribution in [0.5, 0.6) is 0 Å². The van der Waals surface area contributed by atoms with Gasteiger partial charge < -0.3 is 0 Å². The van der Waals surface area contributed by atoms with E-state index in [0.29, 0.717) is 12.2 Å². The van der Waals surface area contributed by atoms with E-state index in [-0.39, 0.29) is 29.3 Å². The minimum atomic E-state index is -0.558. The highest BCUT2D eigenvalue weighted by Crippen LogP contribution is 2.40. The van der Waals surface area contributed by atoms with Crippen LogP contribution in [0.25, 0.3) is 11.3 Å². The molecule has 2 aromatic rings. The molecule has 0 N–H and O–H groups in total. The first-order valence-electron chi connectivity index (χ1n) is 5.73. The van der Waals surface area contributed by atoms with Gasteiger partial charge in [0.15, 0.2) is 24.4 Å². The summed E-state index contributed by atoms with van der Waals surface area (Å²) in [6.45, 7) is 0. The molecule has 1 fully saturated rings. The average molecular weight is 281 g/mol. The van der Waals surface area contributed by atoms with Gasteiger partial charge in [0.05, 0.1) is 11.9 Å². The Kier molecular flexibility index (Phi) is 3.06. The summed E-state index contributed by atoms with van der Waals surface area (Å²) in [6.07, 6.45) is 3.70. The molecule has 0 radical (unpaired) electrons. The van der Waals surface area contributed by atoms with Gasteiger partial charge >= 0.3 is 0 Å². The van der Waals surface area contributed by atoms with Crippen molar-refractivity contribution in [1.82, 2.24) is 14.2 Å². The summed E-state index contributed by atoms with van der Waals surface area (Å²) in [5, 5.41) is 3.70. The molecular weight excluding hydrogens is 272 g/mol. The first-order chi connectivity index (χ1) is 9.22. The molecule has 0 aliphatic heterocycles. The van der Waals surface area contributed by atoms with E-state index in [1.54, 1.807) is 6.07 Å². The van der Waals surface area contributed by atoms with Gasteiger partial charge in [-0.3, -0.25) is 9.78 Å². The molecule has 0 bridgehead atoms. The Balaban J connectivity index is 2.11. The van der Waals surface area contributed by atoms with E-state index in [9.17, 15) is 13.1 Å². The lowest BCUT2D eigenvalue weighted by Gasteiger charge is -2.05. The second-order valence-electron chi connectivity index (χ2n) is 4.38. The predicted octanol–water partition coefficient (Wildman–Crippen LogP) is 3.15. The number of aromatic nitrogens is 3. The zero-order chi connectivity index (χ0) is 13.4. The maximum atomic E-state index is 13.8. The fourth-order valence-electron chi connectivity index (χ4n) is 1.93. The van der Waals surface area contributed by atoms with E-state index in [1.165, 1.54) is 6.07 Å². The number of hydrogen-bond donors (Lipinski definition) is 0. The van der Waals surface area contributed by atoms with Crippen LogP contribution >= 0.6 is 12.3 Å². The standard InChI is InChI=1S/C12H9F2N3OS/c13-10-5-15-11(7-1-2-7)4-9(10)12-3-8(6-18)16-17(12)19-14/h3-7H,1-2H2. The lowest BCUT2D eigenvalue weighted by atomic mass is 10.1. The van der Waals surface area contributed by atoms with Crippen LogP contribution in [0.1, 0.15) is 34.9 Å². The lowest BCUT2D eigenvalue weighted by molar-refractivity contribution is 0.111. The number of aldehydes is 1. The van der Waals surface area contributed by atoms with Crippen molar-refractivity contribution >= 4 is 18.6 Å². The van der Waals surface area contributed by atoms with E-state index in [1.807, 2.05) is 0 Å². The minimum absolute atomic E-state index is 0.0596. The number of hydrogen-bond acceptors (Lipinski definition) is 4. The molecule has 0 aromatic carbocycles. The summed E-state index contributed by atoms with van der Waals surface area (Å²) >= 11 is -0.175. The molecule has 3 rings (SSSR count). The summed E-state index contributed by atoms with van der Waals surface area (Å²) in [7, 11) is 0. The number of halogens is 2. The Morgan fingerprint density at radius 2 is 2.21 bits per heavy atom. The Bertz CT molecular complexity index is 640. The van der Waals surface area contributed by atoms with E-state index < -0.39 is 5.82 Å². The monoisotopic (exact) mass is 281 g/mol. The summed E-state index contributed by atoms with van der Waals surface area (Å²) in [4.78, 5) is 14.7. The lowest BCUT2D eigenvalue weighted by Crippen LogP contribution is -1.96. The van der Waals surface area contributed by atoms with Crippen molar-refractivity contribution in [3.05, 3.63) is 35.5 Å². The third-order valence-corrected chi connectivity index (χ3v) is 3.44. The smallest absolute Gasteiger partial charge is 0.188 e. The molecule has 0 unspecified atom stereocenters. The highest BCUT2D eigenvalue weighted by Gasteiger charge is 2.26. The number of nitrogens with zero attached hydrogens (tertiary/aromatic N) is 3. The van der Waals surface area contributed by atoms with E-state index in [0.717, 1.165) is 28.8 Å². The molecule has 1 saturated carbocycles. The predicted molar refractivity (Wildman–Crippen MR) is 66.9 cm³/mol. The van der Waals surface area contributed by atoms with Crippen LogP contribution in [0.4, 0.5) is 8.28 Å². The second-order valence-corrected chi connectivity index (χ2v) is 4.86. The number of carbonyl (C=O) groups is 1. The Morgan fingerprint density at radius 1 is 1.42 bits per heavy atom. The van der Waals surface area contributed by atoms with Crippen LogP contribution in [0.3, 0.4) is 0 Å². The summed E-state index contributed by atoms with van der Waals surface area (Å²) in [5.41, 5.74) is 1.28. The second kappa shape index (κ2) is 4.73. The Labute approximate surface area is 112 Å². The minimum Gasteiger partial charge on any atom is -0.296 e. The van der Waals surface area contributed by atoms with Crippen LogP contribution in [0.15, 0.2) is 18.3 Å². The molecule has 1 aliphatic carbocycles. The van der Waals surface area contributed by atoms with Crippen molar-refractivity contribution in [2.75, 3.05) is 0 Å². The maximum Gasteiger partial charge on any atom is 0.188 e. The molecule has 4 nitrogen and oxygen atoms in total. The Hall–Kier alpha value is -1.76. The third-order valence-electron chi connectivity index (χ3n) is 3.03. The van der Waals surface area contributed by atoms with Gasteiger partial charge in [0.1, 0.15) is 5.69 Å². The van der Waals surface area contributed by atoms with Crippen molar-refractivity contribution in [2.45, 2.75) is 18.8 Å². The van der Waals surface area contributed by atoms with Gasteiger partial charge in [-0.05, 0) is 25.0 Å². The summed E-state index contributed by atoms with van der Waals surface area (Å²) < 4.78 is 27.5. The maximum absolute atomic E-state index is 13.8. The van der Waals surface area contributed by atoms with Crippen molar-refractivity contribution in [3.8, 4) is 11.3 Å². The van der Waals surface area contributed by atoms with Crippen LogP contribution < -0.4 is 0 Å². The van der Waals surface area contributed by atoms with E-state index in [2.05, 4.69) is 10.1 Å². The fourth-order valence-corrected chi connectivity index (χ4v) is 2.28. The Morgan fingerprint density at radius 3 is 2.84 bits per heavy atom. The first kappa shape index (κ1) is 12.3. The zero-order valence-corrected chi connectivity index (χ0v) is 10.5. The highest BCUT2D eigenvalue weighted by atomic mass is 32.2. The zero-order valence-electron chi connectivity index (χ0n) is 9.72. The number of rotatable bonds is 4. The van der Waals surface area contributed by atoms with Crippen molar-refractivity contribution in [1.29, 1.82) is 0 Å². The van der Waals surface area contributed by atoms with E-state index in [4.69, 9.17) is 0 Å². The molecule has 0 spiro atoms. The van der Waals surface area contributed by atoms with Gasteiger partial charge in [0.2, 0.25) is 0 Å². The van der Waals surface area contributed by atoms with Crippen LogP contribution in [0, 0.1) is 5.82 Å². The number of pyridine rings is 1. The molecule has 19 heavy (non-hydrogen) atoms. The normalized spacial score (nSPS) is 14.6. The average Bonchev–Trinajstić information content (AvgIpc) is 3.19. The van der Waals surface area contributed by atoms with Gasteiger partial charge in [0.25, 0.3) is 0 Å². The van der Waals surface area contributed by atoms with Crippen LogP contribution in [-0.2, 0) is 0 Å². The first-order valence-corrected chi connectivity index (χ1v) is 6.40. The fraction of sp³-hybridized carbons (Fsp3) is 0.250. The van der Waals surface area contributed by atoms with Crippen LogP contribution in [-0.4, -0.2) is 20.5 Å². The van der Waals surface area contributed by atoms with Crippen molar-refractivity contribution < 1.29 is 13.1 Å². The molecular formula is C12H9F2N3OS. The third kappa shape index (κ3) is 2.25. The highest BCUT2D eigenvalue weighted by molar-refractivity contribution is 7.92. The van der Waals surface area contributed by atoms with Gasteiger partial charge in [-0.1, -0.05) is 0 Å². The molecule has 98 valence electrons. The largest absolute Gasteiger partial charge is 0.296 e.